The minimum atomic E-state index is 0.239. The number of guanidine groups is 1. The number of nitrogens with zero attached hydrogens (tertiary/aromatic N) is 2. The molecule has 1 amide bonds. The second-order valence-electron chi connectivity index (χ2n) is 5.88. The Morgan fingerprint density at radius 1 is 1.22 bits per heavy atom. The molecular formula is C18H28N4O. The van der Waals surface area contributed by atoms with Gasteiger partial charge in [-0.15, -0.1) is 0 Å². The Balaban J connectivity index is 1.86. The monoisotopic (exact) mass is 316 g/mol. The largest absolute Gasteiger partial charge is 0.356 e. The molecule has 0 spiro atoms. The maximum absolute atomic E-state index is 11.9. The molecule has 5 nitrogen and oxygen atoms in total. The quantitative estimate of drug-likeness (QED) is 0.482. The van der Waals surface area contributed by atoms with Crippen LogP contribution in [0.5, 0.6) is 0 Å². The number of amides is 1. The summed E-state index contributed by atoms with van der Waals surface area (Å²) >= 11 is 0. The molecule has 2 N–H and O–H groups in total. The van der Waals surface area contributed by atoms with Gasteiger partial charge in [0.2, 0.25) is 5.91 Å². The van der Waals surface area contributed by atoms with E-state index in [1.165, 1.54) is 12.0 Å². The molecule has 5 heteroatoms. The number of unbranched alkanes of at least 4 members (excludes halogenated alkanes) is 1. The molecule has 0 unspecified atom stereocenters. The summed E-state index contributed by atoms with van der Waals surface area (Å²) < 4.78 is 0. The van der Waals surface area contributed by atoms with Crippen LogP contribution in [0.2, 0.25) is 0 Å². The summed E-state index contributed by atoms with van der Waals surface area (Å²) in [4.78, 5) is 18.1. The summed E-state index contributed by atoms with van der Waals surface area (Å²) in [6.07, 6.45) is 5.08. The van der Waals surface area contributed by atoms with E-state index in [0.29, 0.717) is 6.42 Å². The molecule has 23 heavy (non-hydrogen) atoms. The number of hydrogen-bond acceptors (Lipinski definition) is 2. The molecule has 0 bridgehead atoms. The van der Waals surface area contributed by atoms with Gasteiger partial charge in [0, 0.05) is 38.8 Å². The van der Waals surface area contributed by atoms with Crippen molar-refractivity contribution in [2.75, 3.05) is 25.0 Å². The third kappa shape index (κ3) is 5.27. The lowest BCUT2D eigenvalue weighted by Gasteiger charge is -2.26. The fraction of sp³-hybridized carbons (Fsp3) is 0.556. The lowest BCUT2D eigenvalue weighted by Crippen LogP contribution is -2.37. The van der Waals surface area contributed by atoms with Crippen molar-refractivity contribution in [2.24, 2.45) is 4.99 Å². The van der Waals surface area contributed by atoms with E-state index in [-0.39, 0.29) is 5.91 Å². The number of benzene rings is 1. The predicted molar refractivity (Wildman–Crippen MR) is 95.8 cm³/mol. The second-order valence-corrected chi connectivity index (χ2v) is 5.88. The minimum Gasteiger partial charge on any atom is -0.356 e. The van der Waals surface area contributed by atoms with Crippen molar-refractivity contribution in [1.29, 1.82) is 0 Å². The third-order valence-electron chi connectivity index (χ3n) is 4.08. The molecule has 0 radical (unpaired) electrons. The smallest absolute Gasteiger partial charge is 0.226 e. The van der Waals surface area contributed by atoms with E-state index in [1.54, 1.807) is 7.05 Å². The molecule has 1 saturated heterocycles. The molecule has 126 valence electrons. The first-order valence-electron chi connectivity index (χ1n) is 8.58. The summed E-state index contributed by atoms with van der Waals surface area (Å²) in [7, 11) is 1.78. The molecule has 2 rings (SSSR count). The lowest BCUT2D eigenvalue weighted by molar-refractivity contribution is -0.119. The van der Waals surface area contributed by atoms with E-state index in [2.05, 4.69) is 34.7 Å². The minimum absolute atomic E-state index is 0.239. The van der Waals surface area contributed by atoms with Crippen molar-refractivity contribution in [1.82, 2.24) is 10.6 Å². The highest BCUT2D eigenvalue weighted by atomic mass is 16.2. The molecule has 0 aliphatic carbocycles. The summed E-state index contributed by atoms with van der Waals surface area (Å²) in [5, 5.41) is 6.61. The van der Waals surface area contributed by atoms with Crippen LogP contribution in [0.15, 0.2) is 29.3 Å². The molecule has 1 aliphatic heterocycles. The van der Waals surface area contributed by atoms with Gasteiger partial charge in [0.1, 0.15) is 0 Å². The first kappa shape index (κ1) is 17.3. The summed E-state index contributed by atoms with van der Waals surface area (Å²) in [5.74, 6) is 1.07. The van der Waals surface area contributed by atoms with Gasteiger partial charge in [-0.2, -0.15) is 0 Å². The van der Waals surface area contributed by atoms with Crippen molar-refractivity contribution < 1.29 is 4.79 Å². The second kappa shape index (κ2) is 9.18. The lowest BCUT2D eigenvalue weighted by atomic mass is 10.1. The average Bonchev–Trinajstić information content (AvgIpc) is 2.59. The number of rotatable bonds is 6. The summed E-state index contributed by atoms with van der Waals surface area (Å²) in [6.45, 7) is 4.67. The van der Waals surface area contributed by atoms with Crippen molar-refractivity contribution >= 4 is 17.6 Å². The van der Waals surface area contributed by atoms with Crippen molar-refractivity contribution in [2.45, 2.75) is 45.6 Å². The van der Waals surface area contributed by atoms with Crippen molar-refractivity contribution in [3.05, 3.63) is 29.8 Å². The zero-order valence-electron chi connectivity index (χ0n) is 14.3. The summed E-state index contributed by atoms with van der Waals surface area (Å²) in [6, 6.07) is 8.22. The fourth-order valence-electron chi connectivity index (χ4n) is 2.66. The van der Waals surface area contributed by atoms with Crippen LogP contribution in [0.3, 0.4) is 0 Å². The van der Waals surface area contributed by atoms with Gasteiger partial charge in [0.15, 0.2) is 5.96 Å². The standard InChI is InChI=1S/C18H28N4O/c1-3-4-12-20-18(19-2)21-14-15-8-10-16(11-9-15)22-13-6-5-7-17(22)23/h8-11H,3-7,12-14H2,1-2H3,(H2,19,20,21). The number of hydrogen-bond donors (Lipinski definition) is 2. The van der Waals surface area contributed by atoms with Crippen molar-refractivity contribution in [3.63, 3.8) is 0 Å². The van der Waals surface area contributed by atoms with Gasteiger partial charge < -0.3 is 15.5 Å². The van der Waals surface area contributed by atoms with E-state index in [9.17, 15) is 4.79 Å². The van der Waals surface area contributed by atoms with E-state index in [4.69, 9.17) is 0 Å². The van der Waals surface area contributed by atoms with Gasteiger partial charge in [-0.25, -0.2) is 0 Å². The molecule has 1 heterocycles. The molecule has 0 atom stereocenters. The van der Waals surface area contributed by atoms with Crippen LogP contribution in [0.4, 0.5) is 5.69 Å². The number of anilines is 1. The first-order chi connectivity index (χ1) is 11.2. The summed E-state index contributed by atoms with van der Waals surface area (Å²) in [5.41, 5.74) is 2.18. The Labute approximate surface area is 139 Å². The Kier molecular flexibility index (Phi) is 6.91. The highest BCUT2D eigenvalue weighted by Gasteiger charge is 2.19. The fourth-order valence-corrected chi connectivity index (χ4v) is 2.66. The average molecular weight is 316 g/mol. The number of aliphatic imine (C=N–C) groups is 1. The number of carbonyl (C=O) groups excluding carboxylic acids is 1. The normalized spacial score (nSPS) is 15.7. The molecule has 1 aromatic carbocycles. The molecule has 1 aliphatic rings. The number of piperidine rings is 1. The van der Waals surface area contributed by atoms with E-state index in [1.807, 2.05) is 17.0 Å². The topological polar surface area (TPSA) is 56.7 Å². The first-order valence-corrected chi connectivity index (χ1v) is 8.58. The SMILES string of the molecule is CCCCNC(=NC)NCc1ccc(N2CCCCC2=O)cc1. The van der Waals surface area contributed by atoms with Crippen molar-refractivity contribution in [3.8, 4) is 0 Å². The van der Waals surface area contributed by atoms with E-state index >= 15 is 0 Å². The Morgan fingerprint density at radius 2 is 2.00 bits per heavy atom. The zero-order valence-corrected chi connectivity index (χ0v) is 14.3. The molecular weight excluding hydrogens is 288 g/mol. The molecule has 1 aromatic rings. The van der Waals surface area contributed by atoms with Gasteiger partial charge in [-0.3, -0.25) is 9.79 Å². The Bertz CT molecular complexity index is 524. The van der Waals surface area contributed by atoms with Crippen LogP contribution < -0.4 is 15.5 Å². The Hall–Kier alpha value is -2.04. The number of nitrogens with one attached hydrogen (secondary N) is 2. The molecule has 0 aromatic heterocycles. The van der Waals surface area contributed by atoms with Gasteiger partial charge in [-0.05, 0) is 37.0 Å². The van der Waals surface area contributed by atoms with Gasteiger partial charge in [0.25, 0.3) is 0 Å². The highest BCUT2D eigenvalue weighted by molar-refractivity contribution is 5.93. The third-order valence-corrected chi connectivity index (χ3v) is 4.08. The molecule has 1 fully saturated rings. The van der Waals surface area contributed by atoms with Crippen LogP contribution in [-0.2, 0) is 11.3 Å². The maximum Gasteiger partial charge on any atom is 0.226 e. The highest BCUT2D eigenvalue weighted by Crippen LogP contribution is 2.21. The number of carbonyl (C=O) groups is 1. The Morgan fingerprint density at radius 3 is 2.65 bits per heavy atom. The van der Waals surface area contributed by atoms with Crippen LogP contribution in [0.1, 0.15) is 44.6 Å². The van der Waals surface area contributed by atoms with E-state index < -0.39 is 0 Å². The van der Waals surface area contributed by atoms with Crippen LogP contribution in [0.25, 0.3) is 0 Å². The van der Waals surface area contributed by atoms with Crippen LogP contribution in [0, 0.1) is 0 Å². The zero-order chi connectivity index (χ0) is 16.5. The van der Waals surface area contributed by atoms with Crippen LogP contribution >= 0.6 is 0 Å². The van der Waals surface area contributed by atoms with Gasteiger partial charge in [0.05, 0.1) is 0 Å². The maximum atomic E-state index is 11.9. The van der Waals surface area contributed by atoms with Gasteiger partial charge >= 0.3 is 0 Å². The predicted octanol–water partition coefficient (Wildman–Crippen LogP) is 2.67. The molecule has 0 saturated carbocycles. The van der Waals surface area contributed by atoms with Gasteiger partial charge in [-0.1, -0.05) is 25.5 Å². The van der Waals surface area contributed by atoms with Crippen LogP contribution in [-0.4, -0.2) is 32.0 Å². The van der Waals surface area contributed by atoms with E-state index in [0.717, 1.165) is 50.5 Å².